The summed E-state index contributed by atoms with van der Waals surface area (Å²) in [6.07, 6.45) is 4.95. The maximum absolute atomic E-state index is 11.3. The van der Waals surface area contributed by atoms with E-state index in [0.29, 0.717) is 19.4 Å². The number of allylic oxidation sites excluding steroid dienone is 1. The molecule has 6 nitrogen and oxygen atoms in total. The van der Waals surface area contributed by atoms with Crippen molar-refractivity contribution in [3.63, 3.8) is 0 Å². The third-order valence-electron chi connectivity index (χ3n) is 3.43. The van der Waals surface area contributed by atoms with Crippen molar-refractivity contribution in [2.75, 3.05) is 13.3 Å². The van der Waals surface area contributed by atoms with Crippen LogP contribution in [0.4, 0.5) is 0 Å². The molecule has 0 radical (unpaired) electrons. The van der Waals surface area contributed by atoms with E-state index in [-0.39, 0.29) is 24.7 Å². The van der Waals surface area contributed by atoms with Gasteiger partial charge in [-0.3, -0.25) is 9.59 Å². The second-order valence-corrected chi connectivity index (χ2v) is 5.02. The lowest BCUT2D eigenvalue weighted by atomic mass is 9.79. The zero-order chi connectivity index (χ0) is 15.0. The molecule has 20 heavy (non-hydrogen) atoms. The van der Waals surface area contributed by atoms with Gasteiger partial charge in [0.2, 0.25) is 5.91 Å². The molecule has 3 unspecified atom stereocenters. The van der Waals surface area contributed by atoms with Gasteiger partial charge in [0.05, 0.1) is 18.3 Å². The first-order valence-electron chi connectivity index (χ1n) is 6.86. The standard InChI is InChI=1S/C14H23NO5/c1-3-6-19-9-20-13-5-4-11(8-15-10(2)16)7-12(13)14(17)18/h3,6,11-13H,4-5,7-9H2,1-2H3,(H,15,16)(H,17,18)/b6-3+. The van der Waals surface area contributed by atoms with Gasteiger partial charge < -0.3 is 19.9 Å². The predicted molar refractivity (Wildman–Crippen MR) is 72.8 cm³/mol. The molecule has 0 aromatic heterocycles. The van der Waals surface area contributed by atoms with Crippen molar-refractivity contribution in [2.45, 2.75) is 39.2 Å². The summed E-state index contributed by atoms with van der Waals surface area (Å²) in [7, 11) is 0. The lowest BCUT2D eigenvalue weighted by molar-refractivity contribution is -0.156. The van der Waals surface area contributed by atoms with Crippen molar-refractivity contribution in [2.24, 2.45) is 11.8 Å². The third kappa shape index (κ3) is 5.61. The molecule has 1 aliphatic carbocycles. The number of carboxylic acid groups (broad SMARTS) is 1. The molecule has 1 saturated carbocycles. The van der Waals surface area contributed by atoms with Crippen LogP contribution >= 0.6 is 0 Å². The van der Waals surface area contributed by atoms with Gasteiger partial charge in [-0.25, -0.2) is 0 Å². The molecule has 0 aliphatic heterocycles. The Bertz CT molecular complexity index is 355. The van der Waals surface area contributed by atoms with Crippen molar-refractivity contribution in [1.29, 1.82) is 0 Å². The molecule has 1 amide bonds. The van der Waals surface area contributed by atoms with Crippen LogP contribution in [0.1, 0.15) is 33.1 Å². The van der Waals surface area contributed by atoms with Crippen molar-refractivity contribution in [1.82, 2.24) is 5.32 Å². The van der Waals surface area contributed by atoms with Gasteiger partial charge in [0.1, 0.15) is 0 Å². The fraction of sp³-hybridized carbons (Fsp3) is 0.714. The number of nitrogens with one attached hydrogen (secondary N) is 1. The summed E-state index contributed by atoms with van der Waals surface area (Å²) in [5.41, 5.74) is 0. The third-order valence-corrected chi connectivity index (χ3v) is 3.43. The van der Waals surface area contributed by atoms with Crippen molar-refractivity contribution in [3.8, 4) is 0 Å². The van der Waals surface area contributed by atoms with Crippen LogP contribution in [0.25, 0.3) is 0 Å². The maximum Gasteiger partial charge on any atom is 0.309 e. The largest absolute Gasteiger partial charge is 0.481 e. The van der Waals surface area contributed by atoms with Gasteiger partial charge in [0, 0.05) is 13.5 Å². The van der Waals surface area contributed by atoms with Crippen LogP contribution in [0.2, 0.25) is 0 Å². The summed E-state index contributed by atoms with van der Waals surface area (Å²) in [4.78, 5) is 22.2. The van der Waals surface area contributed by atoms with Crippen molar-refractivity contribution in [3.05, 3.63) is 12.3 Å². The van der Waals surface area contributed by atoms with E-state index in [1.807, 2.05) is 6.92 Å². The van der Waals surface area contributed by atoms with Gasteiger partial charge in [-0.2, -0.15) is 0 Å². The van der Waals surface area contributed by atoms with E-state index in [1.165, 1.54) is 13.2 Å². The smallest absolute Gasteiger partial charge is 0.309 e. The first-order valence-corrected chi connectivity index (χ1v) is 6.86. The number of carboxylic acids is 1. The van der Waals surface area contributed by atoms with Crippen LogP contribution in [-0.4, -0.2) is 36.4 Å². The number of hydrogen-bond donors (Lipinski definition) is 2. The Hall–Kier alpha value is -1.56. The lowest BCUT2D eigenvalue weighted by Crippen LogP contribution is -2.40. The Balaban J connectivity index is 2.44. The van der Waals surface area contributed by atoms with E-state index < -0.39 is 11.9 Å². The van der Waals surface area contributed by atoms with Crippen LogP contribution in [0.5, 0.6) is 0 Å². The highest BCUT2D eigenvalue weighted by Gasteiger charge is 2.36. The SMILES string of the molecule is C/C=C/OCOC1CCC(CNC(C)=O)CC1C(=O)O. The maximum atomic E-state index is 11.3. The molecule has 0 aromatic carbocycles. The quantitative estimate of drug-likeness (QED) is 0.421. The molecule has 0 bridgehead atoms. The van der Waals surface area contributed by atoms with Crippen LogP contribution in [-0.2, 0) is 19.1 Å². The molecule has 0 spiro atoms. The van der Waals surface area contributed by atoms with Gasteiger partial charge >= 0.3 is 5.97 Å². The molecule has 6 heteroatoms. The summed E-state index contributed by atoms with van der Waals surface area (Å²) in [5.74, 6) is -1.29. The zero-order valence-corrected chi connectivity index (χ0v) is 12.0. The summed E-state index contributed by atoms with van der Waals surface area (Å²) in [6, 6.07) is 0. The molecule has 3 atom stereocenters. The molecule has 1 aliphatic rings. The number of carbonyl (C=O) groups is 2. The average molecular weight is 285 g/mol. The van der Waals surface area contributed by atoms with E-state index in [4.69, 9.17) is 9.47 Å². The highest BCUT2D eigenvalue weighted by molar-refractivity contribution is 5.73. The number of rotatable bonds is 7. The Morgan fingerprint density at radius 2 is 2.15 bits per heavy atom. The Morgan fingerprint density at radius 3 is 2.75 bits per heavy atom. The highest BCUT2D eigenvalue weighted by Crippen LogP contribution is 2.31. The second-order valence-electron chi connectivity index (χ2n) is 5.02. The molecule has 0 aromatic rings. The summed E-state index contributed by atoms with van der Waals surface area (Å²) < 4.78 is 10.6. The molecule has 1 fully saturated rings. The minimum atomic E-state index is -0.853. The monoisotopic (exact) mass is 285 g/mol. The van der Waals surface area contributed by atoms with E-state index in [0.717, 1.165) is 6.42 Å². The van der Waals surface area contributed by atoms with Crippen LogP contribution in [0, 0.1) is 11.8 Å². The highest BCUT2D eigenvalue weighted by atomic mass is 16.7. The summed E-state index contributed by atoms with van der Waals surface area (Å²) in [6.45, 7) is 3.88. The van der Waals surface area contributed by atoms with Crippen LogP contribution in [0.15, 0.2) is 12.3 Å². The average Bonchev–Trinajstić information content (AvgIpc) is 2.41. The predicted octanol–water partition coefficient (Wildman–Crippen LogP) is 1.52. The van der Waals surface area contributed by atoms with E-state index in [2.05, 4.69) is 5.32 Å². The molecule has 1 rings (SSSR count). The number of carbonyl (C=O) groups excluding carboxylic acids is 1. The topological polar surface area (TPSA) is 84.9 Å². The van der Waals surface area contributed by atoms with Gasteiger partial charge in [-0.15, -0.1) is 0 Å². The molecule has 0 saturated heterocycles. The normalized spacial score (nSPS) is 26.4. The lowest BCUT2D eigenvalue weighted by Gasteiger charge is -2.33. The van der Waals surface area contributed by atoms with Crippen molar-refractivity contribution < 1.29 is 24.2 Å². The number of ether oxygens (including phenoxy) is 2. The molecular weight excluding hydrogens is 262 g/mol. The number of hydrogen-bond acceptors (Lipinski definition) is 4. The molecule has 2 N–H and O–H groups in total. The Kier molecular flexibility index (Phi) is 7.08. The number of aliphatic carboxylic acids is 1. The summed E-state index contributed by atoms with van der Waals surface area (Å²) >= 11 is 0. The van der Waals surface area contributed by atoms with Crippen LogP contribution < -0.4 is 5.32 Å². The van der Waals surface area contributed by atoms with Crippen LogP contribution in [0.3, 0.4) is 0 Å². The van der Waals surface area contributed by atoms with E-state index in [1.54, 1.807) is 6.08 Å². The minimum Gasteiger partial charge on any atom is -0.481 e. The van der Waals surface area contributed by atoms with E-state index >= 15 is 0 Å². The fourth-order valence-electron chi connectivity index (χ4n) is 2.42. The van der Waals surface area contributed by atoms with Crippen molar-refractivity contribution >= 4 is 11.9 Å². The first-order chi connectivity index (χ1) is 9.54. The van der Waals surface area contributed by atoms with Gasteiger partial charge in [0.25, 0.3) is 0 Å². The molecule has 114 valence electrons. The zero-order valence-electron chi connectivity index (χ0n) is 12.0. The second kappa shape index (κ2) is 8.58. The van der Waals surface area contributed by atoms with Gasteiger partial charge in [-0.05, 0) is 32.1 Å². The fourth-order valence-corrected chi connectivity index (χ4v) is 2.42. The Morgan fingerprint density at radius 1 is 1.40 bits per heavy atom. The number of amides is 1. The molecular formula is C14H23NO5. The van der Waals surface area contributed by atoms with E-state index in [9.17, 15) is 14.7 Å². The summed E-state index contributed by atoms with van der Waals surface area (Å²) in [5, 5.41) is 12.0. The first kappa shape index (κ1) is 16.5. The minimum absolute atomic E-state index is 0.0646. The Labute approximate surface area is 119 Å². The van der Waals surface area contributed by atoms with Gasteiger partial charge in [-0.1, -0.05) is 6.08 Å². The van der Waals surface area contributed by atoms with Gasteiger partial charge in [0.15, 0.2) is 6.79 Å². The molecule has 0 heterocycles.